The van der Waals surface area contributed by atoms with E-state index in [2.05, 4.69) is 5.32 Å². The standard InChI is InChI=1S/C18H21NO6/c1-10(21)19-15-17(23)16(22)14(9-20)25-18(15)24-13-8-4-6-11-5-2-3-7-12(11)13/h2-8,14-18,20,22-23H,9H2,1H3,(H,19,21)/t14-,15-,16-,17-,18-/m0/s1. The third kappa shape index (κ3) is 3.59. The maximum absolute atomic E-state index is 11.5. The van der Waals surface area contributed by atoms with E-state index in [1.165, 1.54) is 6.92 Å². The first-order valence-corrected chi connectivity index (χ1v) is 8.05. The predicted octanol–water partition coefficient (Wildman–Crippen LogP) is 0.162. The number of carbonyl (C=O) groups excluding carboxylic acids is 1. The normalized spacial score (nSPS) is 29.4. The maximum Gasteiger partial charge on any atom is 0.223 e. The smallest absolute Gasteiger partial charge is 0.223 e. The molecule has 1 aliphatic rings. The number of ether oxygens (including phenoxy) is 2. The molecule has 2 aromatic carbocycles. The molecule has 0 radical (unpaired) electrons. The van der Waals surface area contributed by atoms with Gasteiger partial charge in [0.2, 0.25) is 12.2 Å². The van der Waals surface area contributed by atoms with Crippen LogP contribution in [0.4, 0.5) is 0 Å². The summed E-state index contributed by atoms with van der Waals surface area (Å²) in [5.74, 6) is 0.118. The SMILES string of the molecule is CC(=O)N[C@@H]1[C@@H](Oc2cccc3ccccc23)O[C@@H](CO)[C@H](O)[C@H]1O. The van der Waals surface area contributed by atoms with Crippen LogP contribution in [0, 0.1) is 0 Å². The molecule has 7 heteroatoms. The summed E-state index contributed by atoms with van der Waals surface area (Å²) < 4.78 is 11.5. The topological polar surface area (TPSA) is 108 Å². The second-order valence-corrected chi connectivity index (χ2v) is 6.03. The molecule has 1 saturated heterocycles. The summed E-state index contributed by atoms with van der Waals surface area (Å²) in [6, 6.07) is 12.1. The Morgan fingerprint density at radius 3 is 2.60 bits per heavy atom. The number of amides is 1. The van der Waals surface area contributed by atoms with E-state index in [-0.39, 0.29) is 0 Å². The van der Waals surface area contributed by atoms with Crippen molar-refractivity contribution in [3.63, 3.8) is 0 Å². The fourth-order valence-corrected chi connectivity index (χ4v) is 2.99. The van der Waals surface area contributed by atoms with E-state index in [0.29, 0.717) is 5.75 Å². The van der Waals surface area contributed by atoms with Crippen LogP contribution in [0.25, 0.3) is 10.8 Å². The first-order chi connectivity index (χ1) is 12.0. The Labute approximate surface area is 144 Å². The lowest BCUT2D eigenvalue weighted by Gasteiger charge is -2.42. The molecule has 1 amide bonds. The van der Waals surface area contributed by atoms with Gasteiger partial charge in [0, 0.05) is 12.3 Å². The summed E-state index contributed by atoms with van der Waals surface area (Å²) in [5.41, 5.74) is 0. The average Bonchev–Trinajstić information content (AvgIpc) is 2.61. The maximum atomic E-state index is 11.5. The number of hydrogen-bond acceptors (Lipinski definition) is 6. The number of rotatable bonds is 4. The largest absolute Gasteiger partial charge is 0.462 e. The molecule has 0 saturated carbocycles. The molecule has 1 fully saturated rings. The van der Waals surface area contributed by atoms with Crippen molar-refractivity contribution >= 4 is 16.7 Å². The van der Waals surface area contributed by atoms with Crippen molar-refractivity contribution in [2.24, 2.45) is 0 Å². The van der Waals surface area contributed by atoms with E-state index in [9.17, 15) is 20.1 Å². The predicted molar refractivity (Wildman–Crippen MR) is 89.9 cm³/mol. The zero-order valence-electron chi connectivity index (χ0n) is 13.7. The zero-order chi connectivity index (χ0) is 18.0. The quantitative estimate of drug-likeness (QED) is 0.628. The van der Waals surface area contributed by atoms with Gasteiger partial charge in [-0.25, -0.2) is 0 Å². The molecule has 5 atom stereocenters. The highest BCUT2D eigenvalue weighted by atomic mass is 16.7. The summed E-state index contributed by atoms with van der Waals surface area (Å²) in [5, 5.41) is 34.1. The minimum atomic E-state index is -1.34. The van der Waals surface area contributed by atoms with Crippen LogP contribution < -0.4 is 10.1 Å². The number of hydrogen-bond donors (Lipinski definition) is 4. The van der Waals surface area contributed by atoms with Gasteiger partial charge in [0.1, 0.15) is 30.1 Å². The second kappa shape index (κ2) is 7.37. The van der Waals surface area contributed by atoms with Crippen molar-refractivity contribution in [3.8, 4) is 5.75 Å². The van der Waals surface area contributed by atoms with Crippen LogP contribution >= 0.6 is 0 Å². The van der Waals surface area contributed by atoms with Crippen LogP contribution in [0.15, 0.2) is 42.5 Å². The van der Waals surface area contributed by atoms with Gasteiger partial charge in [0.05, 0.1) is 6.61 Å². The fourth-order valence-electron chi connectivity index (χ4n) is 2.99. The summed E-state index contributed by atoms with van der Waals surface area (Å²) in [4.78, 5) is 11.5. The Morgan fingerprint density at radius 2 is 1.88 bits per heavy atom. The van der Waals surface area contributed by atoms with Gasteiger partial charge in [-0.05, 0) is 11.5 Å². The Kier molecular flexibility index (Phi) is 5.19. The van der Waals surface area contributed by atoms with Gasteiger partial charge < -0.3 is 30.1 Å². The number of carbonyl (C=O) groups is 1. The molecule has 134 valence electrons. The number of aliphatic hydroxyl groups excluding tert-OH is 3. The van der Waals surface area contributed by atoms with Gasteiger partial charge in [-0.1, -0.05) is 36.4 Å². The molecule has 2 aromatic rings. The summed E-state index contributed by atoms with van der Waals surface area (Å²) >= 11 is 0. The first kappa shape index (κ1) is 17.6. The number of nitrogens with one attached hydrogen (secondary N) is 1. The first-order valence-electron chi connectivity index (χ1n) is 8.05. The van der Waals surface area contributed by atoms with Gasteiger partial charge in [0.15, 0.2) is 0 Å². The molecule has 4 N–H and O–H groups in total. The molecule has 1 aliphatic heterocycles. The van der Waals surface area contributed by atoms with Crippen molar-refractivity contribution in [1.29, 1.82) is 0 Å². The third-order valence-corrected chi connectivity index (χ3v) is 4.24. The number of benzene rings is 2. The van der Waals surface area contributed by atoms with Gasteiger partial charge in [-0.3, -0.25) is 4.79 Å². The molecule has 0 unspecified atom stereocenters. The van der Waals surface area contributed by atoms with E-state index in [1.807, 2.05) is 36.4 Å². The van der Waals surface area contributed by atoms with Crippen LogP contribution in [0.3, 0.4) is 0 Å². The van der Waals surface area contributed by atoms with E-state index in [4.69, 9.17) is 9.47 Å². The highest BCUT2D eigenvalue weighted by molar-refractivity contribution is 5.88. The molecule has 0 aliphatic carbocycles. The Balaban J connectivity index is 1.92. The van der Waals surface area contributed by atoms with Crippen molar-refractivity contribution in [2.45, 2.75) is 37.6 Å². The number of aliphatic hydroxyl groups is 3. The molecule has 0 aromatic heterocycles. The Morgan fingerprint density at radius 1 is 1.16 bits per heavy atom. The lowest BCUT2D eigenvalue weighted by molar-refractivity contribution is -0.244. The van der Waals surface area contributed by atoms with Crippen LogP contribution in [0.5, 0.6) is 5.75 Å². The Hall–Kier alpha value is -2.19. The minimum absolute atomic E-state index is 0.395. The fraction of sp³-hybridized carbons (Fsp3) is 0.389. The highest BCUT2D eigenvalue weighted by Crippen LogP contribution is 2.29. The molecule has 0 spiro atoms. The van der Waals surface area contributed by atoms with Crippen LogP contribution in [-0.2, 0) is 9.53 Å². The van der Waals surface area contributed by atoms with Crippen molar-refractivity contribution < 1.29 is 29.6 Å². The van der Waals surface area contributed by atoms with Crippen molar-refractivity contribution in [2.75, 3.05) is 6.61 Å². The molecule has 7 nitrogen and oxygen atoms in total. The average molecular weight is 347 g/mol. The van der Waals surface area contributed by atoms with Gasteiger partial charge >= 0.3 is 0 Å². The molecular weight excluding hydrogens is 326 g/mol. The monoisotopic (exact) mass is 347 g/mol. The van der Waals surface area contributed by atoms with E-state index in [1.54, 1.807) is 6.07 Å². The van der Waals surface area contributed by atoms with Crippen molar-refractivity contribution in [1.82, 2.24) is 5.32 Å². The minimum Gasteiger partial charge on any atom is -0.462 e. The summed E-state index contributed by atoms with van der Waals surface area (Å²) in [6.45, 7) is 0.812. The number of fused-ring (bicyclic) bond motifs is 1. The van der Waals surface area contributed by atoms with Gasteiger partial charge in [-0.15, -0.1) is 0 Å². The lowest BCUT2D eigenvalue weighted by atomic mass is 9.97. The second-order valence-electron chi connectivity index (χ2n) is 6.03. The molecule has 1 heterocycles. The highest BCUT2D eigenvalue weighted by Gasteiger charge is 2.46. The molecule has 25 heavy (non-hydrogen) atoms. The molecular formula is C18H21NO6. The van der Waals surface area contributed by atoms with Crippen LogP contribution in [0.2, 0.25) is 0 Å². The van der Waals surface area contributed by atoms with E-state index < -0.39 is 43.2 Å². The molecule has 0 bridgehead atoms. The van der Waals surface area contributed by atoms with Crippen molar-refractivity contribution in [3.05, 3.63) is 42.5 Å². The van der Waals surface area contributed by atoms with Gasteiger partial charge in [-0.2, -0.15) is 0 Å². The zero-order valence-corrected chi connectivity index (χ0v) is 13.7. The third-order valence-electron chi connectivity index (χ3n) is 4.24. The van der Waals surface area contributed by atoms with Crippen LogP contribution in [0.1, 0.15) is 6.92 Å². The summed E-state index contributed by atoms with van der Waals surface area (Å²) in [6.07, 6.45) is -4.76. The Bertz CT molecular complexity index is 746. The lowest BCUT2D eigenvalue weighted by Crippen LogP contribution is -2.65. The van der Waals surface area contributed by atoms with Gasteiger partial charge in [0.25, 0.3) is 0 Å². The van der Waals surface area contributed by atoms with E-state index >= 15 is 0 Å². The molecule has 3 rings (SSSR count). The van der Waals surface area contributed by atoms with E-state index in [0.717, 1.165) is 10.8 Å². The summed E-state index contributed by atoms with van der Waals surface area (Å²) in [7, 11) is 0. The van der Waals surface area contributed by atoms with Crippen LogP contribution in [-0.4, -0.2) is 58.5 Å².